The van der Waals surface area contributed by atoms with Crippen LogP contribution in [-0.4, -0.2) is 18.6 Å². The molecule has 0 aliphatic heterocycles. The molecular weight excluding hydrogens is 215 g/mol. The predicted octanol–water partition coefficient (Wildman–Crippen LogP) is 3.03. The van der Waals surface area contributed by atoms with Gasteiger partial charge in [0.25, 0.3) is 0 Å². The fourth-order valence-corrected chi connectivity index (χ4v) is 2.12. The van der Waals surface area contributed by atoms with E-state index < -0.39 is 0 Å². The van der Waals surface area contributed by atoms with E-state index in [4.69, 9.17) is 5.73 Å². The van der Waals surface area contributed by atoms with E-state index >= 15 is 0 Å². The number of halogens is 1. The molecule has 0 aromatic heterocycles. The fraction of sp³-hybridized carbons (Fsp3) is 0.571. The summed E-state index contributed by atoms with van der Waals surface area (Å²) in [5.74, 6) is 0.223. The van der Waals surface area contributed by atoms with Gasteiger partial charge in [-0.2, -0.15) is 0 Å². The third kappa shape index (κ3) is 2.78. The standard InChI is InChI=1S/C14H23FN2/c1-5-17(14(4,10-16)11(2)3)13-8-6-12(15)7-9-13/h6-9,11H,5,10,16H2,1-4H3. The Kier molecular flexibility index (Phi) is 4.52. The molecule has 0 radical (unpaired) electrons. The zero-order chi connectivity index (χ0) is 13.1. The Morgan fingerprint density at radius 2 is 1.82 bits per heavy atom. The number of nitrogens with zero attached hydrogens (tertiary/aromatic N) is 1. The first-order valence-electron chi connectivity index (χ1n) is 6.19. The van der Waals surface area contributed by atoms with Gasteiger partial charge in [-0.1, -0.05) is 13.8 Å². The van der Waals surface area contributed by atoms with Crippen LogP contribution >= 0.6 is 0 Å². The van der Waals surface area contributed by atoms with Crippen LogP contribution < -0.4 is 10.6 Å². The largest absolute Gasteiger partial charge is 0.365 e. The van der Waals surface area contributed by atoms with E-state index in [1.165, 1.54) is 12.1 Å². The summed E-state index contributed by atoms with van der Waals surface area (Å²) < 4.78 is 12.9. The number of nitrogens with two attached hydrogens (primary N) is 1. The number of benzene rings is 1. The highest BCUT2D eigenvalue weighted by Crippen LogP contribution is 2.29. The van der Waals surface area contributed by atoms with Crippen LogP contribution in [0.4, 0.5) is 10.1 Å². The van der Waals surface area contributed by atoms with E-state index in [9.17, 15) is 4.39 Å². The summed E-state index contributed by atoms with van der Waals surface area (Å²) in [5, 5.41) is 0. The molecule has 0 aliphatic carbocycles. The van der Waals surface area contributed by atoms with Gasteiger partial charge in [-0.15, -0.1) is 0 Å². The summed E-state index contributed by atoms with van der Waals surface area (Å²) in [7, 11) is 0. The predicted molar refractivity (Wildman–Crippen MR) is 71.7 cm³/mol. The molecule has 0 bridgehead atoms. The summed E-state index contributed by atoms with van der Waals surface area (Å²) in [6.45, 7) is 10.0. The van der Waals surface area contributed by atoms with E-state index in [0.29, 0.717) is 12.5 Å². The van der Waals surface area contributed by atoms with Crippen LogP contribution in [0.15, 0.2) is 24.3 Å². The second-order valence-corrected chi connectivity index (χ2v) is 4.94. The average Bonchev–Trinajstić information content (AvgIpc) is 2.31. The van der Waals surface area contributed by atoms with Crippen molar-refractivity contribution in [1.82, 2.24) is 0 Å². The topological polar surface area (TPSA) is 29.3 Å². The molecule has 1 unspecified atom stereocenters. The van der Waals surface area contributed by atoms with Gasteiger partial charge in [-0.05, 0) is 44.0 Å². The number of hydrogen-bond donors (Lipinski definition) is 1. The van der Waals surface area contributed by atoms with Crippen LogP contribution in [-0.2, 0) is 0 Å². The number of rotatable bonds is 5. The third-order valence-corrected chi connectivity index (χ3v) is 3.73. The molecular formula is C14H23FN2. The van der Waals surface area contributed by atoms with Crippen LogP contribution in [0, 0.1) is 11.7 Å². The van der Waals surface area contributed by atoms with Crippen molar-refractivity contribution in [3.63, 3.8) is 0 Å². The van der Waals surface area contributed by atoms with Gasteiger partial charge < -0.3 is 10.6 Å². The maximum atomic E-state index is 12.9. The van der Waals surface area contributed by atoms with E-state index in [1.807, 2.05) is 12.1 Å². The molecule has 1 aromatic rings. The van der Waals surface area contributed by atoms with Gasteiger partial charge in [0.2, 0.25) is 0 Å². The highest BCUT2D eigenvalue weighted by atomic mass is 19.1. The second-order valence-electron chi connectivity index (χ2n) is 4.94. The Morgan fingerprint density at radius 3 is 2.18 bits per heavy atom. The molecule has 1 aromatic carbocycles. The maximum absolute atomic E-state index is 12.9. The normalized spacial score (nSPS) is 14.8. The van der Waals surface area contributed by atoms with Gasteiger partial charge >= 0.3 is 0 Å². The average molecular weight is 238 g/mol. The van der Waals surface area contributed by atoms with Crippen LogP contribution in [0.2, 0.25) is 0 Å². The van der Waals surface area contributed by atoms with Crippen molar-refractivity contribution < 1.29 is 4.39 Å². The minimum atomic E-state index is -0.205. The molecule has 0 fully saturated rings. The van der Waals surface area contributed by atoms with Crippen molar-refractivity contribution in [2.45, 2.75) is 33.2 Å². The number of anilines is 1. The minimum Gasteiger partial charge on any atom is -0.365 e. The Labute approximate surface area is 104 Å². The monoisotopic (exact) mass is 238 g/mol. The molecule has 1 atom stereocenters. The van der Waals surface area contributed by atoms with Crippen molar-refractivity contribution in [2.24, 2.45) is 11.7 Å². The molecule has 17 heavy (non-hydrogen) atoms. The molecule has 2 nitrogen and oxygen atoms in total. The summed E-state index contributed by atoms with van der Waals surface area (Å²) in [4.78, 5) is 2.25. The van der Waals surface area contributed by atoms with Gasteiger partial charge in [0.15, 0.2) is 0 Å². The van der Waals surface area contributed by atoms with Crippen molar-refractivity contribution >= 4 is 5.69 Å². The zero-order valence-electron chi connectivity index (χ0n) is 11.2. The van der Waals surface area contributed by atoms with E-state index in [1.54, 1.807) is 0 Å². The fourth-order valence-electron chi connectivity index (χ4n) is 2.12. The van der Waals surface area contributed by atoms with Gasteiger partial charge in [0, 0.05) is 18.8 Å². The summed E-state index contributed by atoms with van der Waals surface area (Å²) >= 11 is 0. The van der Waals surface area contributed by atoms with Gasteiger partial charge in [-0.25, -0.2) is 4.39 Å². The van der Waals surface area contributed by atoms with Crippen molar-refractivity contribution in [1.29, 1.82) is 0 Å². The first kappa shape index (κ1) is 14.0. The molecule has 2 N–H and O–H groups in total. The lowest BCUT2D eigenvalue weighted by atomic mass is 9.86. The Morgan fingerprint density at radius 1 is 1.29 bits per heavy atom. The van der Waals surface area contributed by atoms with Crippen LogP contribution in [0.3, 0.4) is 0 Å². The van der Waals surface area contributed by atoms with Gasteiger partial charge in [-0.3, -0.25) is 0 Å². The van der Waals surface area contributed by atoms with Crippen LogP contribution in [0.5, 0.6) is 0 Å². The first-order valence-corrected chi connectivity index (χ1v) is 6.19. The van der Waals surface area contributed by atoms with E-state index in [0.717, 1.165) is 12.2 Å². The third-order valence-electron chi connectivity index (χ3n) is 3.73. The Bertz CT molecular complexity index is 348. The first-order chi connectivity index (χ1) is 7.95. The lowest BCUT2D eigenvalue weighted by Crippen LogP contribution is -2.55. The van der Waals surface area contributed by atoms with E-state index in [2.05, 4.69) is 32.6 Å². The second kappa shape index (κ2) is 5.50. The highest BCUT2D eigenvalue weighted by Gasteiger charge is 2.33. The number of hydrogen-bond acceptors (Lipinski definition) is 2. The van der Waals surface area contributed by atoms with Crippen molar-refractivity contribution in [3.8, 4) is 0 Å². The molecule has 0 amide bonds. The summed E-state index contributed by atoms with van der Waals surface area (Å²) in [6, 6.07) is 6.62. The summed E-state index contributed by atoms with van der Waals surface area (Å²) in [6.07, 6.45) is 0. The van der Waals surface area contributed by atoms with Crippen LogP contribution in [0.25, 0.3) is 0 Å². The number of likely N-dealkylation sites (N-methyl/N-ethyl adjacent to an activating group) is 1. The molecule has 3 heteroatoms. The molecule has 0 saturated carbocycles. The molecule has 0 saturated heterocycles. The lowest BCUT2D eigenvalue weighted by Gasteiger charge is -2.45. The van der Waals surface area contributed by atoms with Crippen molar-refractivity contribution in [2.75, 3.05) is 18.0 Å². The highest BCUT2D eigenvalue weighted by molar-refractivity contribution is 5.49. The Balaban J connectivity index is 3.09. The molecule has 0 heterocycles. The quantitative estimate of drug-likeness (QED) is 0.854. The molecule has 1 rings (SSSR count). The molecule has 0 aliphatic rings. The van der Waals surface area contributed by atoms with Gasteiger partial charge in [0.05, 0.1) is 5.54 Å². The van der Waals surface area contributed by atoms with Crippen molar-refractivity contribution in [3.05, 3.63) is 30.1 Å². The zero-order valence-corrected chi connectivity index (χ0v) is 11.2. The van der Waals surface area contributed by atoms with Gasteiger partial charge in [0.1, 0.15) is 5.82 Å². The summed E-state index contributed by atoms with van der Waals surface area (Å²) in [5.41, 5.74) is 6.86. The Hall–Kier alpha value is -1.09. The molecule has 0 spiro atoms. The van der Waals surface area contributed by atoms with E-state index in [-0.39, 0.29) is 11.4 Å². The SMILES string of the molecule is CCN(c1ccc(F)cc1)C(C)(CN)C(C)C. The smallest absolute Gasteiger partial charge is 0.123 e. The minimum absolute atomic E-state index is 0.105. The van der Waals surface area contributed by atoms with Crippen LogP contribution in [0.1, 0.15) is 27.7 Å². The lowest BCUT2D eigenvalue weighted by molar-refractivity contribution is 0.322. The molecule has 96 valence electrons. The maximum Gasteiger partial charge on any atom is 0.123 e.